The highest BCUT2D eigenvalue weighted by atomic mass is 35.5. The van der Waals surface area contributed by atoms with Crippen molar-refractivity contribution in [1.82, 2.24) is 4.57 Å². The van der Waals surface area contributed by atoms with Crippen molar-refractivity contribution in [3.63, 3.8) is 0 Å². The van der Waals surface area contributed by atoms with E-state index < -0.39 is 11.4 Å². The Balaban J connectivity index is 2.97. The van der Waals surface area contributed by atoms with Crippen LogP contribution in [0.15, 0.2) is 29.2 Å². The second-order valence-corrected chi connectivity index (χ2v) is 4.88. The number of fused-ring (bicyclic) bond motifs is 1. The summed E-state index contributed by atoms with van der Waals surface area (Å²) in [7, 11) is 0. The molecule has 5 heteroatoms. The van der Waals surface area contributed by atoms with Gasteiger partial charge in [0.05, 0.1) is 10.5 Å². The predicted octanol–water partition coefficient (Wildman–Crippen LogP) is 3.32. The van der Waals surface area contributed by atoms with E-state index in [1.54, 1.807) is 22.8 Å². The third-order valence-corrected chi connectivity index (χ3v) is 3.60. The maximum absolute atomic E-state index is 12.1. The Bertz CT molecular complexity index is 706. The van der Waals surface area contributed by atoms with Crippen molar-refractivity contribution in [2.75, 3.05) is 0 Å². The molecule has 100 valence electrons. The number of aromatic nitrogens is 1. The number of halogens is 1. The van der Waals surface area contributed by atoms with Crippen LogP contribution in [0.1, 0.15) is 36.7 Å². The standard InChI is InChI=1S/C14H14ClNO3/c1-3-8(2)16-7-10(14(18)19)13(17)9-5-4-6-11(15)12(9)16/h4-8H,3H2,1-2H3,(H,18,19). The lowest BCUT2D eigenvalue weighted by molar-refractivity contribution is 0.0694. The molecule has 0 radical (unpaired) electrons. The van der Waals surface area contributed by atoms with Gasteiger partial charge < -0.3 is 9.67 Å². The van der Waals surface area contributed by atoms with Crippen LogP contribution >= 0.6 is 11.6 Å². The molecule has 0 saturated carbocycles. The summed E-state index contributed by atoms with van der Waals surface area (Å²) < 4.78 is 1.77. The topological polar surface area (TPSA) is 59.3 Å². The summed E-state index contributed by atoms with van der Waals surface area (Å²) in [6.07, 6.45) is 2.19. The van der Waals surface area contributed by atoms with Crippen LogP contribution in [-0.2, 0) is 0 Å². The number of carbonyl (C=O) groups is 1. The molecule has 0 amide bonds. The SMILES string of the molecule is CCC(C)n1cc(C(=O)O)c(=O)c2cccc(Cl)c21. The fourth-order valence-electron chi connectivity index (χ4n) is 2.06. The molecule has 0 bridgehead atoms. The minimum atomic E-state index is -1.22. The van der Waals surface area contributed by atoms with Crippen LogP contribution < -0.4 is 5.43 Å². The van der Waals surface area contributed by atoms with Gasteiger partial charge in [0.25, 0.3) is 0 Å². The lowest BCUT2D eigenvalue weighted by Gasteiger charge is -2.18. The van der Waals surface area contributed by atoms with Crippen molar-refractivity contribution in [1.29, 1.82) is 0 Å². The van der Waals surface area contributed by atoms with Crippen molar-refractivity contribution in [2.45, 2.75) is 26.3 Å². The van der Waals surface area contributed by atoms with Gasteiger partial charge in [0.1, 0.15) is 5.56 Å². The van der Waals surface area contributed by atoms with Crippen LogP contribution in [0, 0.1) is 0 Å². The minimum absolute atomic E-state index is 0.0566. The van der Waals surface area contributed by atoms with Gasteiger partial charge in [-0.25, -0.2) is 4.79 Å². The Hall–Kier alpha value is -1.81. The van der Waals surface area contributed by atoms with Crippen molar-refractivity contribution in [3.8, 4) is 0 Å². The number of para-hydroxylation sites is 1. The molecule has 19 heavy (non-hydrogen) atoms. The molecule has 1 atom stereocenters. The molecule has 1 aromatic carbocycles. The highest BCUT2D eigenvalue weighted by molar-refractivity contribution is 6.35. The molecular weight excluding hydrogens is 266 g/mol. The predicted molar refractivity (Wildman–Crippen MR) is 75.2 cm³/mol. The van der Waals surface area contributed by atoms with Crippen molar-refractivity contribution in [3.05, 3.63) is 45.2 Å². The first-order valence-corrected chi connectivity index (χ1v) is 6.41. The van der Waals surface area contributed by atoms with Crippen molar-refractivity contribution >= 4 is 28.5 Å². The van der Waals surface area contributed by atoms with E-state index in [-0.39, 0.29) is 11.6 Å². The molecule has 0 aliphatic rings. The van der Waals surface area contributed by atoms with E-state index in [1.807, 2.05) is 13.8 Å². The molecule has 0 spiro atoms. The summed E-state index contributed by atoms with van der Waals surface area (Å²) >= 11 is 6.16. The quantitative estimate of drug-likeness (QED) is 0.937. The van der Waals surface area contributed by atoms with E-state index in [2.05, 4.69) is 0 Å². The van der Waals surface area contributed by atoms with Crippen LogP contribution in [0.25, 0.3) is 10.9 Å². The number of aromatic carboxylic acids is 1. The van der Waals surface area contributed by atoms with Gasteiger partial charge in [0, 0.05) is 17.6 Å². The molecule has 4 nitrogen and oxygen atoms in total. The van der Waals surface area contributed by atoms with Gasteiger partial charge >= 0.3 is 5.97 Å². The second-order valence-electron chi connectivity index (χ2n) is 4.48. The Morgan fingerprint density at radius 2 is 2.16 bits per heavy atom. The Morgan fingerprint density at radius 3 is 2.74 bits per heavy atom. The highest BCUT2D eigenvalue weighted by Crippen LogP contribution is 2.25. The number of carboxylic acids is 1. The zero-order valence-electron chi connectivity index (χ0n) is 10.7. The third kappa shape index (κ3) is 2.24. The summed E-state index contributed by atoms with van der Waals surface area (Å²) in [4.78, 5) is 23.3. The fourth-order valence-corrected chi connectivity index (χ4v) is 2.34. The first kappa shape index (κ1) is 13.6. The van der Waals surface area contributed by atoms with Crippen LogP contribution in [0.5, 0.6) is 0 Å². The fraction of sp³-hybridized carbons (Fsp3) is 0.286. The number of nitrogens with zero attached hydrogens (tertiary/aromatic N) is 1. The summed E-state index contributed by atoms with van der Waals surface area (Å²) in [5, 5.41) is 9.92. The normalized spacial score (nSPS) is 12.6. The maximum Gasteiger partial charge on any atom is 0.341 e. The summed E-state index contributed by atoms with van der Waals surface area (Å²) in [6.45, 7) is 3.95. The van der Waals surface area contributed by atoms with Gasteiger partial charge in [-0.1, -0.05) is 24.6 Å². The summed E-state index contributed by atoms with van der Waals surface area (Å²) in [5.41, 5.74) is -0.131. The molecule has 0 aliphatic carbocycles. The van der Waals surface area contributed by atoms with Gasteiger partial charge in [0.2, 0.25) is 5.43 Å². The molecule has 1 aromatic heterocycles. The van der Waals surface area contributed by atoms with E-state index >= 15 is 0 Å². The molecular formula is C14H14ClNO3. The van der Waals surface area contributed by atoms with E-state index in [4.69, 9.17) is 16.7 Å². The van der Waals surface area contributed by atoms with Crippen LogP contribution in [0.3, 0.4) is 0 Å². The lowest BCUT2D eigenvalue weighted by Crippen LogP contribution is -2.20. The number of rotatable bonds is 3. The highest BCUT2D eigenvalue weighted by Gasteiger charge is 2.17. The molecule has 0 aliphatic heterocycles. The van der Waals surface area contributed by atoms with Gasteiger partial charge in [-0.2, -0.15) is 0 Å². The van der Waals surface area contributed by atoms with Gasteiger partial charge in [0.15, 0.2) is 0 Å². The van der Waals surface area contributed by atoms with Crippen molar-refractivity contribution < 1.29 is 9.90 Å². The molecule has 2 rings (SSSR count). The van der Waals surface area contributed by atoms with Gasteiger partial charge in [-0.05, 0) is 25.5 Å². The molecule has 0 saturated heterocycles. The lowest BCUT2D eigenvalue weighted by atomic mass is 10.1. The summed E-state index contributed by atoms with van der Waals surface area (Å²) in [5.74, 6) is -1.22. The minimum Gasteiger partial charge on any atom is -0.477 e. The number of benzene rings is 1. The van der Waals surface area contributed by atoms with E-state index in [0.717, 1.165) is 6.42 Å². The van der Waals surface area contributed by atoms with Gasteiger partial charge in [-0.3, -0.25) is 4.79 Å². The Kier molecular flexibility index (Phi) is 3.62. The second kappa shape index (κ2) is 5.05. The Labute approximate surface area is 115 Å². The van der Waals surface area contributed by atoms with E-state index in [0.29, 0.717) is 15.9 Å². The van der Waals surface area contributed by atoms with Crippen LogP contribution in [0.4, 0.5) is 0 Å². The molecule has 0 fully saturated rings. The van der Waals surface area contributed by atoms with Crippen molar-refractivity contribution in [2.24, 2.45) is 0 Å². The van der Waals surface area contributed by atoms with E-state index in [9.17, 15) is 9.59 Å². The number of carboxylic acid groups (broad SMARTS) is 1. The Morgan fingerprint density at radius 1 is 1.47 bits per heavy atom. The zero-order valence-corrected chi connectivity index (χ0v) is 11.4. The number of hydrogen-bond acceptors (Lipinski definition) is 2. The van der Waals surface area contributed by atoms with Gasteiger partial charge in [-0.15, -0.1) is 0 Å². The maximum atomic E-state index is 12.1. The summed E-state index contributed by atoms with van der Waals surface area (Å²) in [6, 6.07) is 5.01. The first-order chi connectivity index (χ1) is 8.97. The molecule has 1 N–H and O–H groups in total. The molecule has 1 heterocycles. The average molecular weight is 280 g/mol. The number of hydrogen-bond donors (Lipinski definition) is 1. The zero-order chi connectivity index (χ0) is 14.2. The van der Waals surface area contributed by atoms with Crippen LogP contribution in [0.2, 0.25) is 5.02 Å². The largest absolute Gasteiger partial charge is 0.477 e. The van der Waals surface area contributed by atoms with E-state index in [1.165, 1.54) is 6.20 Å². The number of pyridine rings is 1. The smallest absolute Gasteiger partial charge is 0.341 e. The first-order valence-electron chi connectivity index (χ1n) is 6.04. The molecule has 2 aromatic rings. The van der Waals surface area contributed by atoms with Crippen LogP contribution in [-0.4, -0.2) is 15.6 Å². The third-order valence-electron chi connectivity index (χ3n) is 3.30. The average Bonchev–Trinajstić information content (AvgIpc) is 2.38. The molecule has 1 unspecified atom stereocenters. The monoisotopic (exact) mass is 279 g/mol.